The lowest BCUT2D eigenvalue weighted by Gasteiger charge is -1.93. The number of hydrogen-bond acceptors (Lipinski definition) is 5. The van der Waals surface area contributed by atoms with Crippen molar-refractivity contribution in [1.82, 2.24) is 0 Å². The number of nitrogen functional groups attached to an aromatic ring is 1. The Bertz CT molecular complexity index is 572. The van der Waals surface area contributed by atoms with E-state index < -0.39 is 9.96 Å². The summed E-state index contributed by atoms with van der Waals surface area (Å²) < 4.78 is 0. The van der Waals surface area contributed by atoms with Crippen molar-refractivity contribution in [1.29, 1.82) is 0 Å². The second-order valence-corrected chi connectivity index (χ2v) is 3.58. The molecule has 0 bridgehead atoms. The Labute approximate surface area is 114 Å². The maximum absolute atomic E-state index is 10.1. The van der Waals surface area contributed by atoms with Crippen LogP contribution in [-0.4, -0.2) is 9.96 Å². The highest BCUT2D eigenvalue weighted by Crippen LogP contribution is 2.12. The minimum absolute atomic E-state index is 0.0641. The number of hydrazine groups is 1. The van der Waals surface area contributed by atoms with Gasteiger partial charge in [-0.25, -0.2) is 10.1 Å². The smallest absolute Gasteiger partial charge is 0.269 e. The van der Waals surface area contributed by atoms with Crippen molar-refractivity contribution in [3.8, 4) is 0 Å². The molecule has 2 aromatic carbocycles. The lowest BCUT2D eigenvalue weighted by Crippen LogP contribution is -2.06. The molecule has 8 nitrogen and oxygen atoms in total. The number of nitrogens with two attached hydrogens (primary N) is 1. The van der Waals surface area contributed by atoms with Gasteiger partial charge in [0.1, 0.15) is 5.69 Å². The van der Waals surface area contributed by atoms with E-state index in [1.165, 1.54) is 24.3 Å². The van der Waals surface area contributed by atoms with Crippen LogP contribution < -0.4 is 11.2 Å². The molecule has 0 aliphatic rings. The van der Waals surface area contributed by atoms with Crippen molar-refractivity contribution in [2.75, 3.05) is 11.2 Å². The molecule has 0 heterocycles. The number of nitrogens with zero attached hydrogens (tertiary/aromatic N) is 2. The Morgan fingerprint density at radius 2 is 1.45 bits per heavy atom. The van der Waals surface area contributed by atoms with Crippen LogP contribution in [0.4, 0.5) is 17.1 Å². The Balaban J connectivity index is 0.000000200. The first-order valence-electron chi connectivity index (χ1n) is 5.45. The molecule has 3 N–H and O–H groups in total. The molecule has 2 aromatic rings. The van der Waals surface area contributed by atoms with Crippen LogP contribution in [0.3, 0.4) is 0 Å². The number of nitro groups is 2. The topological polar surface area (TPSA) is 124 Å². The molecule has 2 rings (SSSR count). The first kappa shape index (κ1) is 14.9. The van der Waals surface area contributed by atoms with E-state index in [9.17, 15) is 20.2 Å². The highest BCUT2D eigenvalue weighted by molar-refractivity contribution is 5.44. The second-order valence-electron chi connectivity index (χ2n) is 3.58. The minimum Gasteiger partial charge on any atom is -0.399 e. The third-order valence-corrected chi connectivity index (χ3v) is 2.10. The lowest BCUT2D eigenvalue weighted by molar-refractivity contribution is -0.445. The molecule has 0 atom stereocenters. The summed E-state index contributed by atoms with van der Waals surface area (Å²) >= 11 is 0. The molecule has 0 amide bonds. The van der Waals surface area contributed by atoms with E-state index in [0.29, 0.717) is 11.4 Å². The van der Waals surface area contributed by atoms with Crippen LogP contribution >= 0.6 is 0 Å². The molecule has 0 radical (unpaired) electrons. The van der Waals surface area contributed by atoms with Gasteiger partial charge in [0.05, 0.1) is 4.92 Å². The number of benzene rings is 2. The average Bonchev–Trinajstić information content (AvgIpc) is 2.40. The third-order valence-electron chi connectivity index (χ3n) is 2.10. The molecule has 104 valence electrons. The number of nitro benzene ring substituents is 1. The van der Waals surface area contributed by atoms with Crippen molar-refractivity contribution >= 4 is 17.1 Å². The van der Waals surface area contributed by atoms with Gasteiger partial charge < -0.3 is 5.73 Å². The van der Waals surface area contributed by atoms with Gasteiger partial charge in [-0.05, 0) is 24.3 Å². The summed E-state index contributed by atoms with van der Waals surface area (Å²) in [6.07, 6.45) is 0. The van der Waals surface area contributed by atoms with E-state index in [1.54, 1.807) is 30.3 Å². The number of non-ortho nitro benzene ring substituents is 1. The van der Waals surface area contributed by atoms with Gasteiger partial charge in [-0.2, -0.15) is 0 Å². The molecule has 0 saturated carbocycles. The van der Waals surface area contributed by atoms with E-state index in [4.69, 9.17) is 5.73 Å². The molecule has 8 heteroatoms. The first-order valence-corrected chi connectivity index (χ1v) is 5.45. The van der Waals surface area contributed by atoms with Gasteiger partial charge in [0, 0.05) is 17.8 Å². The summed E-state index contributed by atoms with van der Waals surface area (Å²) in [6, 6.07) is 14.2. The van der Waals surface area contributed by atoms with Crippen molar-refractivity contribution < 1.29 is 9.96 Å². The van der Waals surface area contributed by atoms with Crippen LogP contribution in [0.25, 0.3) is 0 Å². The van der Waals surface area contributed by atoms with Gasteiger partial charge >= 0.3 is 0 Å². The predicted molar refractivity (Wildman–Crippen MR) is 74.6 cm³/mol. The number of rotatable bonds is 3. The quantitative estimate of drug-likeness (QED) is 0.504. The van der Waals surface area contributed by atoms with Crippen LogP contribution in [0.1, 0.15) is 0 Å². The SMILES string of the molecule is Nc1ccc([N+](=O)[O-])cc1.O=[N+]([O-])Nc1ccccc1. The summed E-state index contributed by atoms with van der Waals surface area (Å²) in [4.78, 5) is 19.5. The normalized spacial score (nSPS) is 9.00. The van der Waals surface area contributed by atoms with Crippen molar-refractivity contribution in [2.45, 2.75) is 0 Å². The highest BCUT2D eigenvalue weighted by Gasteiger charge is 2.01. The van der Waals surface area contributed by atoms with Crippen LogP contribution in [0.15, 0.2) is 54.6 Å². The zero-order valence-electron chi connectivity index (χ0n) is 10.3. The highest BCUT2D eigenvalue weighted by atomic mass is 16.7. The molecule has 20 heavy (non-hydrogen) atoms. The summed E-state index contributed by atoms with van der Waals surface area (Å²) in [5, 5.41) is 19.4. The molecule has 0 unspecified atom stereocenters. The van der Waals surface area contributed by atoms with Crippen LogP contribution in [0, 0.1) is 20.2 Å². The molecular weight excluding hydrogens is 264 g/mol. The number of para-hydroxylation sites is 1. The summed E-state index contributed by atoms with van der Waals surface area (Å²) in [5.41, 5.74) is 8.42. The fourth-order valence-electron chi connectivity index (χ4n) is 1.21. The maximum atomic E-state index is 10.1. The molecular formula is C12H12N4O4. The molecule has 0 spiro atoms. The van der Waals surface area contributed by atoms with Gasteiger partial charge in [-0.1, -0.05) is 18.2 Å². The number of hydrogen-bond donors (Lipinski definition) is 2. The van der Waals surface area contributed by atoms with Crippen LogP contribution in [0.2, 0.25) is 0 Å². The Morgan fingerprint density at radius 3 is 1.90 bits per heavy atom. The summed E-state index contributed by atoms with van der Waals surface area (Å²) in [5.74, 6) is 0. The van der Waals surface area contributed by atoms with E-state index in [-0.39, 0.29) is 5.69 Å². The molecule has 0 fully saturated rings. The second kappa shape index (κ2) is 7.31. The minimum atomic E-state index is -0.588. The van der Waals surface area contributed by atoms with E-state index in [2.05, 4.69) is 0 Å². The molecule has 0 aliphatic carbocycles. The zero-order chi connectivity index (χ0) is 15.0. The van der Waals surface area contributed by atoms with E-state index in [1.807, 2.05) is 5.43 Å². The van der Waals surface area contributed by atoms with Crippen LogP contribution in [0.5, 0.6) is 0 Å². The zero-order valence-corrected chi connectivity index (χ0v) is 10.3. The van der Waals surface area contributed by atoms with Crippen LogP contribution in [-0.2, 0) is 0 Å². The van der Waals surface area contributed by atoms with E-state index in [0.717, 1.165) is 0 Å². The fraction of sp³-hybridized carbons (Fsp3) is 0. The lowest BCUT2D eigenvalue weighted by atomic mass is 10.3. The predicted octanol–water partition coefficient (Wildman–Crippen LogP) is 2.47. The standard InChI is InChI=1S/2C6H6N2O2/c7-5-1-3-6(4-2-5)8(9)10;9-8(10)7-6-4-2-1-3-5-6/h1-4H,7H2;1-5,7H. The monoisotopic (exact) mass is 276 g/mol. The summed E-state index contributed by atoms with van der Waals surface area (Å²) in [6.45, 7) is 0. The van der Waals surface area contributed by atoms with Gasteiger partial charge in [-0.3, -0.25) is 10.1 Å². The number of anilines is 2. The average molecular weight is 276 g/mol. The van der Waals surface area contributed by atoms with Crippen molar-refractivity contribution in [3.63, 3.8) is 0 Å². The maximum Gasteiger partial charge on any atom is 0.269 e. The molecule has 0 aliphatic heterocycles. The fourth-order valence-corrected chi connectivity index (χ4v) is 1.21. The largest absolute Gasteiger partial charge is 0.399 e. The Kier molecular flexibility index (Phi) is 5.45. The Morgan fingerprint density at radius 1 is 0.900 bits per heavy atom. The van der Waals surface area contributed by atoms with Gasteiger partial charge in [0.15, 0.2) is 5.03 Å². The van der Waals surface area contributed by atoms with Gasteiger partial charge in [-0.15, -0.1) is 5.43 Å². The molecule has 0 aromatic heterocycles. The summed E-state index contributed by atoms with van der Waals surface area (Å²) in [7, 11) is 0. The number of nitrogens with one attached hydrogen (secondary N) is 1. The van der Waals surface area contributed by atoms with Crippen molar-refractivity contribution in [2.24, 2.45) is 0 Å². The van der Waals surface area contributed by atoms with Crippen molar-refractivity contribution in [3.05, 3.63) is 74.8 Å². The molecule has 0 saturated heterocycles. The Hall–Kier alpha value is -3.16. The third kappa shape index (κ3) is 5.45. The van der Waals surface area contributed by atoms with Gasteiger partial charge in [0.25, 0.3) is 5.69 Å². The van der Waals surface area contributed by atoms with Gasteiger partial charge in [0.2, 0.25) is 0 Å². The van der Waals surface area contributed by atoms with E-state index >= 15 is 0 Å². The first-order chi connectivity index (χ1) is 9.49.